The number of hydrogen-bond acceptors (Lipinski definition) is 2. The van der Waals surface area contributed by atoms with E-state index in [2.05, 4.69) is 35.1 Å². The van der Waals surface area contributed by atoms with Crippen molar-refractivity contribution in [1.82, 2.24) is 19.4 Å². The molecule has 0 saturated carbocycles. The van der Waals surface area contributed by atoms with Gasteiger partial charge in [0.15, 0.2) is 0 Å². The number of carbonyl (C=O) groups excluding carboxylic acids is 1. The van der Waals surface area contributed by atoms with Crippen molar-refractivity contribution in [3.8, 4) is 0 Å². The van der Waals surface area contributed by atoms with Gasteiger partial charge in [0.1, 0.15) is 6.33 Å². The van der Waals surface area contributed by atoms with Gasteiger partial charge in [0, 0.05) is 54.1 Å². The van der Waals surface area contributed by atoms with Gasteiger partial charge >= 0.3 is 6.03 Å². The molecule has 0 atom stereocenters. The standard InChI is InChI=1S/C16H16N4O/c1-11-2-3-14-12(8-11)13-9-19(6-4-15(13)18-14)16(21)20-7-5-17-10-20/h2-3,5,7-8,10,18H,4,6,9H2,1H3. The minimum atomic E-state index is -0.0137. The second kappa shape index (κ2) is 4.48. The van der Waals surface area contributed by atoms with Crippen LogP contribution in [0.25, 0.3) is 10.9 Å². The van der Waals surface area contributed by atoms with Gasteiger partial charge in [-0.1, -0.05) is 11.6 Å². The van der Waals surface area contributed by atoms with Crippen LogP contribution in [0.3, 0.4) is 0 Å². The van der Waals surface area contributed by atoms with Crippen LogP contribution < -0.4 is 0 Å². The molecular weight excluding hydrogens is 264 g/mol. The Balaban J connectivity index is 1.72. The lowest BCUT2D eigenvalue weighted by Crippen LogP contribution is -2.38. The highest BCUT2D eigenvalue weighted by Crippen LogP contribution is 2.28. The maximum atomic E-state index is 12.4. The Morgan fingerprint density at radius 1 is 1.38 bits per heavy atom. The highest BCUT2D eigenvalue weighted by molar-refractivity contribution is 5.86. The normalized spacial score (nSPS) is 14.4. The summed E-state index contributed by atoms with van der Waals surface area (Å²) in [6.07, 6.45) is 5.74. The van der Waals surface area contributed by atoms with E-state index in [-0.39, 0.29) is 6.03 Å². The SMILES string of the molecule is Cc1ccc2[nH]c3c(c2c1)CN(C(=O)n1ccnc1)CC3. The van der Waals surface area contributed by atoms with Crippen LogP contribution in [0.5, 0.6) is 0 Å². The Kier molecular flexibility index (Phi) is 2.60. The topological polar surface area (TPSA) is 53.9 Å². The molecule has 2 aromatic heterocycles. The number of aromatic amines is 1. The second-order valence-electron chi connectivity index (χ2n) is 5.56. The molecule has 1 aliphatic heterocycles. The third-order valence-electron chi connectivity index (χ3n) is 4.13. The Morgan fingerprint density at radius 2 is 2.29 bits per heavy atom. The smallest absolute Gasteiger partial charge is 0.329 e. The van der Waals surface area contributed by atoms with Crippen LogP contribution in [0.2, 0.25) is 0 Å². The highest BCUT2D eigenvalue weighted by atomic mass is 16.2. The van der Waals surface area contributed by atoms with Crippen LogP contribution in [-0.4, -0.2) is 32.0 Å². The third kappa shape index (κ3) is 1.93. The van der Waals surface area contributed by atoms with Crippen molar-refractivity contribution in [3.63, 3.8) is 0 Å². The van der Waals surface area contributed by atoms with Crippen molar-refractivity contribution < 1.29 is 4.79 Å². The summed E-state index contributed by atoms with van der Waals surface area (Å²) >= 11 is 0. The van der Waals surface area contributed by atoms with E-state index >= 15 is 0 Å². The molecule has 5 nitrogen and oxygen atoms in total. The van der Waals surface area contributed by atoms with Crippen LogP contribution in [0.15, 0.2) is 36.9 Å². The molecule has 4 rings (SSSR count). The summed E-state index contributed by atoms with van der Waals surface area (Å²) < 4.78 is 1.53. The van der Waals surface area contributed by atoms with Crippen LogP contribution in [0.1, 0.15) is 16.8 Å². The Morgan fingerprint density at radius 3 is 3.10 bits per heavy atom. The van der Waals surface area contributed by atoms with Crippen LogP contribution in [-0.2, 0) is 13.0 Å². The van der Waals surface area contributed by atoms with Crippen molar-refractivity contribution in [1.29, 1.82) is 0 Å². The van der Waals surface area contributed by atoms with Crippen molar-refractivity contribution in [2.75, 3.05) is 6.54 Å². The molecule has 3 heterocycles. The molecule has 0 fully saturated rings. The first-order valence-corrected chi connectivity index (χ1v) is 7.10. The average molecular weight is 280 g/mol. The van der Waals surface area contributed by atoms with E-state index in [0.717, 1.165) is 18.5 Å². The molecule has 0 unspecified atom stereocenters. The van der Waals surface area contributed by atoms with E-state index in [4.69, 9.17) is 0 Å². The molecule has 1 aromatic carbocycles. The largest absolute Gasteiger partial charge is 0.358 e. The number of carbonyl (C=O) groups is 1. The van der Waals surface area contributed by atoms with Gasteiger partial charge in [-0.3, -0.25) is 4.57 Å². The monoisotopic (exact) mass is 280 g/mol. The predicted octanol–water partition coefficient (Wildman–Crippen LogP) is 2.70. The zero-order chi connectivity index (χ0) is 14.4. The summed E-state index contributed by atoms with van der Waals surface area (Å²) in [5.41, 5.74) is 4.89. The molecule has 21 heavy (non-hydrogen) atoms. The molecule has 0 aliphatic carbocycles. The van der Waals surface area contributed by atoms with Crippen LogP contribution in [0, 0.1) is 6.92 Å². The van der Waals surface area contributed by atoms with Crippen LogP contribution in [0.4, 0.5) is 4.79 Å². The van der Waals surface area contributed by atoms with E-state index in [1.807, 2.05) is 4.90 Å². The summed E-state index contributed by atoms with van der Waals surface area (Å²) in [7, 11) is 0. The number of aryl methyl sites for hydroxylation is 1. The molecule has 0 saturated heterocycles. The highest BCUT2D eigenvalue weighted by Gasteiger charge is 2.24. The quantitative estimate of drug-likeness (QED) is 0.688. The van der Waals surface area contributed by atoms with Gasteiger partial charge < -0.3 is 9.88 Å². The second-order valence-corrected chi connectivity index (χ2v) is 5.56. The molecule has 5 heteroatoms. The lowest BCUT2D eigenvalue weighted by Gasteiger charge is -2.27. The van der Waals surface area contributed by atoms with E-state index < -0.39 is 0 Å². The number of benzene rings is 1. The maximum absolute atomic E-state index is 12.4. The number of rotatable bonds is 0. The number of hydrogen-bond donors (Lipinski definition) is 1. The van der Waals surface area contributed by atoms with E-state index in [0.29, 0.717) is 6.54 Å². The summed E-state index contributed by atoms with van der Waals surface area (Å²) in [4.78, 5) is 21.7. The average Bonchev–Trinajstić information content (AvgIpc) is 3.13. The first-order chi connectivity index (χ1) is 10.2. The molecular formula is C16H16N4O. The summed E-state index contributed by atoms with van der Waals surface area (Å²) in [5, 5.41) is 1.23. The fraction of sp³-hybridized carbons (Fsp3) is 0.250. The Bertz CT molecular complexity index is 816. The zero-order valence-corrected chi connectivity index (χ0v) is 11.8. The predicted molar refractivity (Wildman–Crippen MR) is 80.2 cm³/mol. The number of nitrogens with one attached hydrogen (secondary N) is 1. The molecule has 1 aliphatic rings. The number of H-pyrrole nitrogens is 1. The minimum Gasteiger partial charge on any atom is -0.358 e. The first kappa shape index (κ1) is 12.2. The summed E-state index contributed by atoms with van der Waals surface area (Å²) in [6.45, 7) is 3.47. The van der Waals surface area contributed by atoms with Gasteiger partial charge in [-0.2, -0.15) is 0 Å². The Labute approximate surface area is 122 Å². The van der Waals surface area contributed by atoms with Crippen molar-refractivity contribution >= 4 is 16.9 Å². The summed E-state index contributed by atoms with van der Waals surface area (Å²) in [5.74, 6) is 0. The molecule has 0 bridgehead atoms. The van der Waals surface area contributed by atoms with Crippen molar-refractivity contribution in [3.05, 3.63) is 53.7 Å². The minimum absolute atomic E-state index is 0.0137. The number of imidazole rings is 1. The van der Waals surface area contributed by atoms with Crippen molar-refractivity contribution in [2.45, 2.75) is 19.9 Å². The molecule has 3 aromatic rings. The van der Waals surface area contributed by atoms with Gasteiger partial charge in [0.05, 0.1) is 0 Å². The fourth-order valence-corrected chi connectivity index (χ4v) is 3.03. The van der Waals surface area contributed by atoms with Gasteiger partial charge in [-0.05, 0) is 19.1 Å². The lowest BCUT2D eigenvalue weighted by molar-refractivity contribution is 0.194. The first-order valence-electron chi connectivity index (χ1n) is 7.10. The third-order valence-corrected chi connectivity index (χ3v) is 4.13. The van der Waals surface area contributed by atoms with Crippen LogP contribution >= 0.6 is 0 Å². The lowest BCUT2D eigenvalue weighted by atomic mass is 10.0. The molecule has 0 spiro atoms. The van der Waals surface area contributed by atoms with Gasteiger partial charge in [-0.25, -0.2) is 9.78 Å². The molecule has 1 amide bonds. The fourth-order valence-electron chi connectivity index (χ4n) is 3.03. The van der Waals surface area contributed by atoms with E-state index in [9.17, 15) is 4.79 Å². The Hall–Kier alpha value is -2.56. The molecule has 106 valence electrons. The number of nitrogens with zero attached hydrogens (tertiary/aromatic N) is 3. The summed E-state index contributed by atoms with van der Waals surface area (Å²) in [6, 6.07) is 6.40. The zero-order valence-electron chi connectivity index (χ0n) is 11.8. The number of fused-ring (bicyclic) bond motifs is 3. The van der Waals surface area contributed by atoms with E-state index in [1.54, 1.807) is 18.7 Å². The number of aromatic nitrogens is 3. The maximum Gasteiger partial charge on any atom is 0.329 e. The van der Waals surface area contributed by atoms with Crippen molar-refractivity contribution in [2.24, 2.45) is 0 Å². The van der Waals surface area contributed by atoms with Gasteiger partial charge in [0.25, 0.3) is 0 Å². The van der Waals surface area contributed by atoms with Gasteiger partial charge in [-0.15, -0.1) is 0 Å². The molecule has 0 radical (unpaired) electrons. The van der Waals surface area contributed by atoms with E-state index in [1.165, 1.54) is 26.8 Å². The number of amides is 1. The molecule has 1 N–H and O–H groups in total. The van der Waals surface area contributed by atoms with Gasteiger partial charge in [0.2, 0.25) is 0 Å².